The van der Waals surface area contributed by atoms with E-state index in [0.717, 1.165) is 39.0 Å². The van der Waals surface area contributed by atoms with E-state index in [1.54, 1.807) is 0 Å². The Hall–Kier alpha value is -7.02. The number of hydrogen-bond donors (Lipinski definition) is 0. The number of allylic oxidation sites excluding steroid dienone is 22. The molecule has 0 amide bonds. The van der Waals surface area contributed by atoms with Gasteiger partial charge < -0.3 is 0 Å². The smallest absolute Gasteiger partial charge is 0.00206 e. The predicted octanol–water partition coefficient (Wildman–Crippen LogP) is 16.6. The minimum Gasteiger partial charge on any atom is -0.0990 e. The van der Waals surface area contributed by atoms with E-state index in [4.69, 9.17) is 0 Å². The maximum atomic E-state index is 4.41. The molecule has 2 atom stereocenters. The Balaban J connectivity index is 1.54. The van der Waals surface area contributed by atoms with E-state index in [1.165, 1.54) is 50.1 Å². The molecule has 2 unspecified atom stereocenters. The minimum absolute atomic E-state index is 0.341. The lowest BCUT2D eigenvalue weighted by molar-refractivity contribution is 0.942. The third-order valence-corrected chi connectivity index (χ3v) is 11.2. The van der Waals surface area contributed by atoms with E-state index in [9.17, 15) is 0 Å². The van der Waals surface area contributed by atoms with E-state index in [2.05, 4.69) is 247 Å². The third-order valence-electron chi connectivity index (χ3n) is 11.2. The molecule has 2 aliphatic rings. The highest BCUT2D eigenvalue weighted by molar-refractivity contribution is 6.03. The highest BCUT2D eigenvalue weighted by atomic mass is 14.3. The molecule has 0 saturated carbocycles. The Morgan fingerprint density at radius 2 is 1.13 bits per heavy atom. The normalized spacial score (nSPS) is 17.3. The molecule has 0 aliphatic heterocycles. The number of benzene rings is 5. The Morgan fingerprint density at radius 3 is 1.77 bits per heavy atom. The van der Waals surface area contributed by atoms with Gasteiger partial charge in [-0.05, 0) is 115 Å². The van der Waals surface area contributed by atoms with Crippen molar-refractivity contribution in [1.29, 1.82) is 0 Å². The van der Waals surface area contributed by atoms with E-state index in [0.29, 0.717) is 11.8 Å². The summed E-state index contributed by atoms with van der Waals surface area (Å²) in [6.07, 6.45) is 32.7. The van der Waals surface area contributed by atoms with Gasteiger partial charge in [-0.1, -0.05) is 246 Å². The van der Waals surface area contributed by atoms with Crippen molar-refractivity contribution in [1.82, 2.24) is 0 Å². The molecule has 0 heteroatoms. The highest BCUT2D eigenvalue weighted by Crippen LogP contribution is 2.46. The molecule has 0 N–H and O–H groups in total. The van der Waals surface area contributed by atoms with Gasteiger partial charge in [-0.3, -0.25) is 0 Å². The summed E-state index contributed by atoms with van der Waals surface area (Å²) in [6.45, 7) is 17.3. The fraction of sp³-hybridized carbons (Fsp3) is 0.100. The van der Waals surface area contributed by atoms with Crippen LogP contribution in [0.25, 0.3) is 50.1 Å². The lowest BCUT2D eigenvalue weighted by atomic mass is 9.80. The molecular weight excluding hydrogens is 721 g/mol. The van der Waals surface area contributed by atoms with E-state index < -0.39 is 0 Å². The third kappa shape index (κ3) is 9.15. The molecule has 0 saturated heterocycles. The van der Waals surface area contributed by atoms with Gasteiger partial charge >= 0.3 is 0 Å². The first kappa shape index (κ1) is 41.2. The minimum atomic E-state index is 0.341. The fourth-order valence-electron chi connectivity index (χ4n) is 8.20. The van der Waals surface area contributed by atoms with Crippen molar-refractivity contribution in [2.45, 2.75) is 27.7 Å². The monoisotopic (exact) mass is 774 g/mol. The quantitative estimate of drug-likeness (QED) is 0.111. The summed E-state index contributed by atoms with van der Waals surface area (Å²) in [5.41, 5.74) is 18.4. The summed E-state index contributed by atoms with van der Waals surface area (Å²) in [6, 6.07) is 46.1. The molecule has 0 aromatic heterocycles. The second-order valence-corrected chi connectivity index (χ2v) is 15.4. The summed E-state index contributed by atoms with van der Waals surface area (Å²) in [4.78, 5) is 0. The molecule has 60 heavy (non-hydrogen) atoms. The average Bonchev–Trinajstić information content (AvgIpc) is 3.66. The molecule has 0 bridgehead atoms. The second-order valence-electron chi connectivity index (χ2n) is 15.4. The second kappa shape index (κ2) is 19.6. The van der Waals surface area contributed by atoms with Crippen LogP contribution in [0.15, 0.2) is 254 Å². The largest absolute Gasteiger partial charge is 0.0990 e. The molecule has 5 aromatic rings. The van der Waals surface area contributed by atoms with Crippen LogP contribution in [0.2, 0.25) is 0 Å². The van der Waals surface area contributed by atoms with Gasteiger partial charge in [-0.15, -0.1) is 0 Å². The van der Waals surface area contributed by atoms with Crippen molar-refractivity contribution < 1.29 is 0 Å². The summed E-state index contributed by atoms with van der Waals surface area (Å²) < 4.78 is 0. The molecule has 7 rings (SSSR count). The van der Waals surface area contributed by atoms with Crippen molar-refractivity contribution in [2.24, 2.45) is 11.8 Å². The van der Waals surface area contributed by atoms with Crippen molar-refractivity contribution in [3.63, 3.8) is 0 Å². The molecule has 0 radical (unpaired) electrons. The molecule has 294 valence electrons. The van der Waals surface area contributed by atoms with Crippen LogP contribution < -0.4 is 0 Å². The Bertz CT molecular complexity index is 2660. The standard InChI is InChI=1S/C60H54/c1-7-21-50(22-8-2)58(54(9-3)47-25-13-10-14-26-47)57(45(6)46-31-19-23-43(4)33-35-46)52-37-39-53(40-38-52)60-55(48-27-15-11-16-28-48)41-42-56(49-32-20-24-44(5)34-36-49)59(60)51-29-17-12-18-30-51/h7-44H,1,3H2,2,4-6H3/b22-8-,50-21+,57-45+,58-54+. The molecule has 0 spiro atoms. The van der Waals surface area contributed by atoms with Crippen LogP contribution >= 0.6 is 0 Å². The lowest BCUT2D eigenvalue weighted by Crippen LogP contribution is -2.02. The first-order valence-corrected chi connectivity index (χ1v) is 21.0. The molecule has 0 nitrogen and oxygen atoms in total. The zero-order valence-corrected chi connectivity index (χ0v) is 35.4. The van der Waals surface area contributed by atoms with Crippen LogP contribution in [0.3, 0.4) is 0 Å². The van der Waals surface area contributed by atoms with Crippen LogP contribution in [-0.4, -0.2) is 0 Å². The van der Waals surface area contributed by atoms with Gasteiger partial charge in [0, 0.05) is 0 Å². The van der Waals surface area contributed by atoms with Gasteiger partial charge in [0.1, 0.15) is 0 Å². The van der Waals surface area contributed by atoms with Gasteiger partial charge in [0.25, 0.3) is 0 Å². The Labute approximate surface area is 358 Å². The topological polar surface area (TPSA) is 0 Å². The van der Waals surface area contributed by atoms with Crippen LogP contribution in [0.4, 0.5) is 0 Å². The van der Waals surface area contributed by atoms with Crippen molar-refractivity contribution in [2.75, 3.05) is 0 Å². The first-order chi connectivity index (χ1) is 29.4. The molecule has 0 heterocycles. The van der Waals surface area contributed by atoms with Crippen LogP contribution in [0.5, 0.6) is 0 Å². The summed E-state index contributed by atoms with van der Waals surface area (Å²) >= 11 is 0. The molecule has 5 aromatic carbocycles. The van der Waals surface area contributed by atoms with Crippen molar-refractivity contribution in [3.8, 4) is 33.4 Å². The number of rotatable bonds is 12. The summed E-state index contributed by atoms with van der Waals surface area (Å²) in [7, 11) is 0. The summed E-state index contributed by atoms with van der Waals surface area (Å²) in [5.74, 6) is 0.703. The molecular formula is C60H54. The Kier molecular flexibility index (Phi) is 13.5. The van der Waals surface area contributed by atoms with E-state index in [1.807, 2.05) is 12.2 Å². The van der Waals surface area contributed by atoms with Gasteiger partial charge in [-0.25, -0.2) is 0 Å². The SMILES string of the molecule is C=C/C=C(\C=C/C)C(=C(/C=C)c1ccccc1)/C(=C(\C)C1=CC=CC(C)C=C1)c1ccc(-c2c(-c3ccccc3)ccc(C3=CC=CC(C)C=C3)c2-c2ccccc2)cc1. The fourth-order valence-corrected chi connectivity index (χ4v) is 8.20. The van der Waals surface area contributed by atoms with Crippen LogP contribution in [0.1, 0.15) is 44.4 Å². The predicted molar refractivity (Wildman–Crippen MR) is 263 cm³/mol. The van der Waals surface area contributed by atoms with E-state index >= 15 is 0 Å². The zero-order chi connectivity index (χ0) is 41.8. The molecule has 2 aliphatic carbocycles. The van der Waals surface area contributed by atoms with E-state index in [-0.39, 0.29) is 0 Å². The van der Waals surface area contributed by atoms with Crippen LogP contribution in [-0.2, 0) is 0 Å². The van der Waals surface area contributed by atoms with Crippen molar-refractivity contribution in [3.05, 3.63) is 271 Å². The average molecular weight is 775 g/mol. The maximum Gasteiger partial charge on any atom is -0.00206 e. The van der Waals surface area contributed by atoms with Crippen molar-refractivity contribution >= 4 is 16.7 Å². The first-order valence-electron chi connectivity index (χ1n) is 21.0. The summed E-state index contributed by atoms with van der Waals surface area (Å²) in [5, 5.41) is 0. The molecule has 0 fully saturated rings. The van der Waals surface area contributed by atoms with Gasteiger partial charge in [0.05, 0.1) is 0 Å². The van der Waals surface area contributed by atoms with Gasteiger partial charge in [0.15, 0.2) is 0 Å². The highest BCUT2D eigenvalue weighted by Gasteiger charge is 2.23. The van der Waals surface area contributed by atoms with Crippen LogP contribution in [0, 0.1) is 11.8 Å². The lowest BCUT2D eigenvalue weighted by Gasteiger charge is -2.23. The van der Waals surface area contributed by atoms with Gasteiger partial charge in [0.2, 0.25) is 0 Å². The maximum absolute atomic E-state index is 4.41. The zero-order valence-electron chi connectivity index (χ0n) is 35.4. The Morgan fingerprint density at radius 1 is 0.567 bits per heavy atom. The number of hydrogen-bond acceptors (Lipinski definition) is 0. The van der Waals surface area contributed by atoms with Gasteiger partial charge in [-0.2, -0.15) is 0 Å².